The summed E-state index contributed by atoms with van der Waals surface area (Å²) in [6.45, 7) is 2.48. The van der Waals surface area contributed by atoms with E-state index in [0.717, 1.165) is 16.4 Å². The predicted molar refractivity (Wildman–Crippen MR) is 111 cm³/mol. The van der Waals surface area contributed by atoms with E-state index >= 15 is 0 Å². The van der Waals surface area contributed by atoms with Gasteiger partial charge >= 0.3 is 0 Å². The van der Waals surface area contributed by atoms with Crippen molar-refractivity contribution in [1.29, 1.82) is 0 Å². The van der Waals surface area contributed by atoms with E-state index in [4.69, 9.17) is 22.1 Å². The van der Waals surface area contributed by atoms with Crippen LogP contribution in [0.15, 0.2) is 48.5 Å². The number of nitrogens with two attached hydrogens (primary N) is 1. The van der Waals surface area contributed by atoms with E-state index in [1.807, 2.05) is 35.8 Å². The number of ether oxygens (including phenoxy) is 1. The maximum atomic E-state index is 11.1. The van der Waals surface area contributed by atoms with Gasteiger partial charge in [-0.05, 0) is 30.7 Å². The van der Waals surface area contributed by atoms with Crippen LogP contribution in [0.1, 0.15) is 24.4 Å². The molecule has 3 N–H and O–H groups in total. The Morgan fingerprint density at radius 1 is 1.14 bits per heavy atom. The largest absolute Gasteiger partial charge is 0.382 e. The number of nitrogen functional groups attached to an aromatic ring is 1. The molecular formula is C21H21ClN4O2. The fourth-order valence-corrected chi connectivity index (χ4v) is 3.52. The fraction of sp³-hybridized carbons (Fsp3) is 0.238. The summed E-state index contributed by atoms with van der Waals surface area (Å²) in [4.78, 5) is 9.16. The molecule has 2 aromatic heterocycles. The second-order valence-electron chi connectivity index (χ2n) is 6.79. The van der Waals surface area contributed by atoms with Crippen molar-refractivity contribution in [2.45, 2.75) is 25.7 Å². The van der Waals surface area contributed by atoms with Crippen LogP contribution in [0.5, 0.6) is 0 Å². The number of methoxy groups -OCH3 is 1. The zero-order chi connectivity index (χ0) is 19.8. The molecule has 0 aliphatic heterocycles. The minimum absolute atomic E-state index is 0.0817. The van der Waals surface area contributed by atoms with E-state index in [0.29, 0.717) is 34.3 Å². The SMILES string of the molecule is COC(C)Cn1c(C(O)c2ccc(Cl)cc2)nc2c(N)nc3ccccc3c21. The highest BCUT2D eigenvalue weighted by Crippen LogP contribution is 2.33. The fourth-order valence-electron chi connectivity index (χ4n) is 3.40. The summed E-state index contributed by atoms with van der Waals surface area (Å²) in [6.07, 6.45) is -1.02. The number of aliphatic hydroxyl groups is 1. The number of rotatable bonds is 5. The lowest BCUT2D eigenvalue weighted by atomic mass is 10.1. The predicted octanol–water partition coefficient (Wildman–Crippen LogP) is 3.94. The second-order valence-corrected chi connectivity index (χ2v) is 7.23. The van der Waals surface area contributed by atoms with Crippen LogP contribution in [0.4, 0.5) is 5.82 Å². The zero-order valence-electron chi connectivity index (χ0n) is 15.6. The molecule has 4 rings (SSSR count). The standard InChI is InChI=1S/C21H21ClN4O2/c1-12(28-2)11-26-18-15-5-3-4-6-16(15)24-20(23)17(18)25-21(26)19(27)13-7-9-14(22)10-8-13/h3-10,12,19,27H,11H2,1-2H3,(H2,23,24). The highest BCUT2D eigenvalue weighted by molar-refractivity contribution is 6.30. The van der Waals surface area contributed by atoms with Gasteiger partial charge in [-0.25, -0.2) is 9.97 Å². The van der Waals surface area contributed by atoms with Gasteiger partial charge in [-0.1, -0.05) is 41.9 Å². The number of para-hydroxylation sites is 1. The van der Waals surface area contributed by atoms with Gasteiger partial charge in [0, 0.05) is 17.5 Å². The van der Waals surface area contributed by atoms with Gasteiger partial charge in [-0.15, -0.1) is 0 Å². The van der Waals surface area contributed by atoms with Crippen LogP contribution in [0, 0.1) is 0 Å². The zero-order valence-corrected chi connectivity index (χ0v) is 16.4. The van der Waals surface area contributed by atoms with Gasteiger partial charge in [0.2, 0.25) is 0 Å². The molecule has 0 amide bonds. The summed E-state index contributed by atoms with van der Waals surface area (Å²) in [5.74, 6) is 0.827. The van der Waals surface area contributed by atoms with Gasteiger partial charge in [0.25, 0.3) is 0 Å². The molecule has 0 fully saturated rings. The number of hydrogen-bond donors (Lipinski definition) is 2. The summed E-state index contributed by atoms with van der Waals surface area (Å²) >= 11 is 5.99. The molecule has 2 aromatic carbocycles. The third-order valence-corrected chi connectivity index (χ3v) is 5.16. The Morgan fingerprint density at radius 2 is 1.86 bits per heavy atom. The summed E-state index contributed by atoms with van der Waals surface area (Å²) in [5.41, 5.74) is 9.11. The Bertz CT molecular complexity index is 1140. The number of nitrogens with zero attached hydrogens (tertiary/aromatic N) is 3. The van der Waals surface area contributed by atoms with Gasteiger partial charge in [-0.2, -0.15) is 0 Å². The van der Waals surface area contributed by atoms with Crippen molar-refractivity contribution in [2.75, 3.05) is 12.8 Å². The topological polar surface area (TPSA) is 86.2 Å². The summed E-state index contributed by atoms with van der Waals surface area (Å²) in [6, 6.07) is 14.8. The van der Waals surface area contributed by atoms with E-state index in [9.17, 15) is 5.11 Å². The maximum absolute atomic E-state index is 11.1. The molecular weight excluding hydrogens is 376 g/mol. The van der Waals surface area contributed by atoms with Crippen molar-refractivity contribution in [3.8, 4) is 0 Å². The molecule has 2 unspecified atom stereocenters. The third-order valence-electron chi connectivity index (χ3n) is 4.91. The van der Waals surface area contributed by atoms with E-state index in [-0.39, 0.29) is 6.10 Å². The molecule has 7 heteroatoms. The van der Waals surface area contributed by atoms with Crippen molar-refractivity contribution < 1.29 is 9.84 Å². The number of hydrogen-bond acceptors (Lipinski definition) is 5. The molecule has 6 nitrogen and oxygen atoms in total. The molecule has 2 heterocycles. The third kappa shape index (κ3) is 3.20. The van der Waals surface area contributed by atoms with Crippen LogP contribution < -0.4 is 5.73 Å². The molecule has 4 aromatic rings. The van der Waals surface area contributed by atoms with E-state index in [1.165, 1.54) is 0 Å². The molecule has 0 saturated heterocycles. The lowest BCUT2D eigenvalue weighted by Gasteiger charge is -2.18. The monoisotopic (exact) mass is 396 g/mol. The Hall–Kier alpha value is -2.67. The van der Waals surface area contributed by atoms with Gasteiger partial charge in [0.1, 0.15) is 17.4 Å². The van der Waals surface area contributed by atoms with Crippen LogP contribution >= 0.6 is 11.6 Å². The Balaban J connectivity index is 1.99. The highest BCUT2D eigenvalue weighted by atomic mass is 35.5. The maximum Gasteiger partial charge on any atom is 0.152 e. The lowest BCUT2D eigenvalue weighted by Crippen LogP contribution is -2.19. The quantitative estimate of drug-likeness (QED) is 0.533. The smallest absolute Gasteiger partial charge is 0.152 e. The number of pyridine rings is 1. The van der Waals surface area contributed by atoms with E-state index in [1.54, 1.807) is 31.4 Å². The highest BCUT2D eigenvalue weighted by Gasteiger charge is 2.24. The number of fused-ring (bicyclic) bond motifs is 3. The molecule has 144 valence electrons. The van der Waals surface area contributed by atoms with Crippen molar-refractivity contribution in [2.24, 2.45) is 0 Å². The molecule has 0 aliphatic rings. The van der Waals surface area contributed by atoms with Crippen molar-refractivity contribution in [3.63, 3.8) is 0 Å². The Kier molecular flexibility index (Phi) is 4.93. The molecule has 0 radical (unpaired) electrons. The molecule has 0 aliphatic carbocycles. The molecule has 28 heavy (non-hydrogen) atoms. The van der Waals surface area contributed by atoms with E-state index in [2.05, 4.69) is 9.97 Å². The number of aromatic nitrogens is 3. The average molecular weight is 397 g/mol. The Labute approximate surface area is 167 Å². The van der Waals surface area contributed by atoms with Gasteiger partial charge in [0.15, 0.2) is 5.82 Å². The summed E-state index contributed by atoms with van der Waals surface area (Å²) in [5, 5.41) is 12.6. The van der Waals surface area contributed by atoms with Crippen molar-refractivity contribution >= 4 is 39.4 Å². The number of halogens is 1. The molecule has 2 atom stereocenters. The summed E-state index contributed by atoms with van der Waals surface area (Å²) in [7, 11) is 1.66. The van der Waals surface area contributed by atoms with Gasteiger partial charge < -0.3 is 20.1 Å². The summed E-state index contributed by atoms with van der Waals surface area (Å²) < 4.78 is 7.45. The van der Waals surface area contributed by atoms with Crippen LogP contribution in [0.25, 0.3) is 21.9 Å². The number of anilines is 1. The Morgan fingerprint density at radius 3 is 2.57 bits per heavy atom. The number of aliphatic hydroxyl groups excluding tert-OH is 1. The van der Waals surface area contributed by atoms with Crippen molar-refractivity contribution in [1.82, 2.24) is 14.5 Å². The number of benzene rings is 2. The van der Waals surface area contributed by atoms with Crippen LogP contribution in [-0.4, -0.2) is 32.9 Å². The molecule has 0 spiro atoms. The van der Waals surface area contributed by atoms with Crippen molar-refractivity contribution in [3.05, 3.63) is 64.9 Å². The average Bonchev–Trinajstić information content (AvgIpc) is 3.08. The first-order valence-electron chi connectivity index (χ1n) is 9.00. The van der Waals surface area contributed by atoms with Crippen LogP contribution in [0.2, 0.25) is 5.02 Å². The van der Waals surface area contributed by atoms with Gasteiger partial charge in [-0.3, -0.25) is 0 Å². The normalized spacial score (nSPS) is 13.9. The second kappa shape index (κ2) is 7.39. The first-order valence-corrected chi connectivity index (χ1v) is 9.38. The van der Waals surface area contributed by atoms with Gasteiger partial charge in [0.05, 0.1) is 23.7 Å². The van der Waals surface area contributed by atoms with Crippen LogP contribution in [0.3, 0.4) is 0 Å². The van der Waals surface area contributed by atoms with E-state index < -0.39 is 6.10 Å². The minimum atomic E-state index is -0.938. The first kappa shape index (κ1) is 18.7. The van der Waals surface area contributed by atoms with Crippen LogP contribution in [-0.2, 0) is 11.3 Å². The minimum Gasteiger partial charge on any atom is -0.382 e. The molecule has 0 saturated carbocycles. The molecule has 0 bridgehead atoms. The lowest BCUT2D eigenvalue weighted by molar-refractivity contribution is 0.101. The first-order chi connectivity index (χ1) is 13.5. The number of imidazole rings is 1.